The van der Waals surface area contributed by atoms with Gasteiger partial charge in [0, 0.05) is 23.8 Å². The van der Waals surface area contributed by atoms with Crippen molar-refractivity contribution in [1.29, 1.82) is 0 Å². The minimum Gasteiger partial charge on any atom is -0.396 e. The van der Waals surface area contributed by atoms with Gasteiger partial charge in [0.2, 0.25) is 0 Å². The molecule has 3 N–H and O–H groups in total. The van der Waals surface area contributed by atoms with E-state index in [9.17, 15) is 9.90 Å². The van der Waals surface area contributed by atoms with Gasteiger partial charge < -0.3 is 20.5 Å². The number of nitrogens with one attached hydrogen (secondary N) is 2. The van der Waals surface area contributed by atoms with E-state index >= 15 is 0 Å². The van der Waals surface area contributed by atoms with E-state index in [4.69, 9.17) is 4.74 Å². The van der Waals surface area contributed by atoms with Crippen LogP contribution in [0.5, 0.6) is 0 Å². The maximum absolute atomic E-state index is 12.2. The van der Waals surface area contributed by atoms with Crippen LogP contribution in [0.1, 0.15) is 29.8 Å². The van der Waals surface area contributed by atoms with Crippen molar-refractivity contribution in [3.63, 3.8) is 0 Å². The Labute approximate surface area is 125 Å². The molecule has 1 aromatic carbocycles. The molecule has 0 saturated carbocycles. The fourth-order valence-electron chi connectivity index (χ4n) is 2.25. The molecule has 1 saturated heterocycles. The molecular formula is C16H24N2O3. The first-order valence-electron chi connectivity index (χ1n) is 7.30. The number of benzene rings is 1. The van der Waals surface area contributed by atoms with Crippen LogP contribution >= 0.6 is 0 Å². The van der Waals surface area contributed by atoms with Crippen LogP contribution in [0.3, 0.4) is 0 Å². The zero-order chi connectivity index (χ0) is 15.5. The third kappa shape index (κ3) is 3.74. The lowest BCUT2D eigenvalue weighted by atomic mass is 9.87. The number of anilines is 1. The minimum absolute atomic E-state index is 0.0602. The molecule has 0 unspecified atom stereocenters. The Balaban J connectivity index is 2.06. The molecular weight excluding hydrogens is 268 g/mol. The number of rotatable bonds is 6. The average Bonchev–Trinajstić information content (AvgIpc) is 2.38. The number of hydrogen-bond acceptors (Lipinski definition) is 4. The number of aliphatic hydroxyl groups excluding tert-OH is 1. The van der Waals surface area contributed by atoms with E-state index in [1.54, 1.807) is 0 Å². The number of hydrogen-bond donors (Lipinski definition) is 3. The molecule has 1 fully saturated rings. The molecule has 0 spiro atoms. The van der Waals surface area contributed by atoms with E-state index < -0.39 is 0 Å². The maximum atomic E-state index is 12.2. The monoisotopic (exact) mass is 292 g/mol. The molecule has 1 aliphatic rings. The second-order valence-electron chi connectivity index (χ2n) is 6.16. The Kier molecular flexibility index (Phi) is 4.85. The second kappa shape index (κ2) is 6.45. The lowest BCUT2D eigenvalue weighted by Crippen LogP contribution is -2.50. The highest BCUT2D eigenvalue weighted by Crippen LogP contribution is 2.27. The van der Waals surface area contributed by atoms with Crippen LogP contribution < -0.4 is 10.6 Å². The smallest absolute Gasteiger partial charge is 0.251 e. The standard InChI is InChI=1S/C16H24N2O3/c1-11(2)18-15(20)14-6-13(5-4-12(14)3)17-7-16(8-19)9-21-10-16/h4-6,11,17,19H,7-10H2,1-3H3,(H,18,20). The van der Waals surface area contributed by atoms with Crippen molar-refractivity contribution in [3.05, 3.63) is 29.3 Å². The maximum Gasteiger partial charge on any atom is 0.251 e. The Morgan fingerprint density at radius 2 is 2.14 bits per heavy atom. The quantitative estimate of drug-likeness (QED) is 0.744. The van der Waals surface area contributed by atoms with E-state index in [1.807, 2.05) is 39.0 Å². The molecule has 0 radical (unpaired) electrons. The average molecular weight is 292 g/mol. The molecule has 1 aromatic rings. The highest BCUT2D eigenvalue weighted by atomic mass is 16.5. The summed E-state index contributed by atoms with van der Waals surface area (Å²) >= 11 is 0. The summed E-state index contributed by atoms with van der Waals surface area (Å²) in [5, 5.41) is 15.6. The first-order chi connectivity index (χ1) is 9.96. The van der Waals surface area contributed by atoms with Gasteiger partial charge in [-0.1, -0.05) is 6.07 Å². The highest BCUT2D eigenvalue weighted by Gasteiger charge is 2.37. The molecule has 21 heavy (non-hydrogen) atoms. The van der Waals surface area contributed by atoms with Gasteiger partial charge in [-0.2, -0.15) is 0 Å². The van der Waals surface area contributed by atoms with Gasteiger partial charge >= 0.3 is 0 Å². The zero-order valence-corrected chi connectivity index (χ0v) is 12.9. The van der Waals surface area contributed by atoms with Crippen molar-refractivity contribution in [2.24, 2.45) is 5.41 Å². The SMILES string of the molecule is Cc1ccc(NCC2(CO)COC2)cc1C(=O)NC(C)C. The van der Waals surface area contributed by atoms with Gasteiger partial charge in [0.25, 0.3) is 5.91 Å². The predicted molar refractivity (Wildman–Crippen MR) is 82.6 cm³/mol. The second-order valence-corrected chi connectivity index (χ2v) is 6.16. The van der Waals surface area contributed by atoms with Crippen LogP contribution in [0.2, 0.25) is 0 Å². The van der Waals surface area contributed by atoms with Crippen molar-refractivity contribution in [3.8, 4) is 0 Å². The molecule has 1 heterocycles. The molecule has 0 aromatic heterocycles. The van der Waals surface area contributed by atoms with Gasteiger partial charge in [-0.25, -0.2) is 0 Å². The number of aliphatic hydroxyl groups is 1. The van der Waals surface area contributed by atoms with E-state index in [-0.39, 0.29) is 24.0 Å². The lowest BCUT2D eigenvalue weighted by Gasteiger charge is -2.40. The summed E-state index contributed by atoms with van der Waals surface area (Å²) in [4.78, 5) is 12.2. The van der Waals surface area contributed by atoms with Crippen LogP contribution in [-0.4, -0.2) is 43.4 Å². The first kappa shape index (κ1) is 15.8. The molecule has 0 atom stereocenters. The zero-order valence-electron chi connectivity index (χ0n) is 12.9. The van der Waals surface area contributed by atoms with Crippen molar-refractivity contribution in [1.82, 2.24) is 5.32 Å². The summed E-state index contributed by atoms with van der Waals surface area (Å²) in [6, 6.07) is 5.85. The van der Waals surface area contributed by atoms with Gasteiger partial charge in [-0.15, -0.1) is 0 Å². The predicted octanol–water partition coefficient (Wildman–Crippen LogP) is 1.55. The number of carbonyl (C=O) groups is 1. The van der Waals surface area contributed by atoms with Gasteiger partial charge in [-0.3, -0.25) is 4.79 Å². The van der Waals surface area contributed by atoms with Crippen LogP contribution in [0.15, 0.2) is 18.2 Å². The molecule has 2 rings (SSSR count). The van der Waals surface area contributed by atoms with Crippen LogP contribution in [0, 0.1) is 12.3 Å². The fourth-order valence-corrected chi connectivity index (χ4v) is 2.25. The summed E-state index contributed by atoms with van der Waals surface area (Å²) in [5.74, 6) is -0.0602. The van der Waals surface area contributed by atoms with Gasteiger partial charge in [0.05, 0.1) is 25.2 Å². The number of aryl methyl sites for hydroxylation is 1. The Morgan fingerprint density at radius 3 is 2.67 bits per heavy atom. The van der Waals surface area contributed by atoms with Gasteiger partial charge in [0.1, 0.15) is 0 Å². The Hall–Kier alpha value is -1.59. The molecule has 5 heteroatoms. The molecule has 0 aliphatic carbocycles. The van der Waals surface area contributed by atoms with Crippen LogP contribution in [0.25, 0.3) is 0 Å². The minimum atomic E-state index is -0.189. The molecule has 0 bridgehead atoms. The van der Waals surface area contributed by atoms with Crippen molar-refractivity contribution < 1.29 is 14.6 Å². The number of ether oxygens (including phenoxy) is 1. The summed E-state index contributed by atoms with van der Waals surface area (Å²) in [7, 11) is 0. The summed E-state index contributed by atoms with van der Waals surface area (Å²) in [6.07, 6.45) is 0. The Morgan fingerprint density at radius 1 is 1.43 bits per heavy atom. The summed E-state index contributed by atoms with van der Waals surface area (Å²) in [6.45, 7) is 7.69. The van der Waals surface area contributed by atoms with Crippen LogP contribution in [-0.2, 0) is 4.74 Å². The molecule has 1 amide bonds. The fraction of sp³-hybridized carbons (Fsp3) is 0.562. The molecule has 1 aliphatic heterocycles. The highest BCUT2D eigenvalue weighted by molar-refractivity contribution is 5.96. The first-order valence-corrected chi connectivity index (χ1v) is 7.30. The normalized spacial score (nSPS) is 16.4. The molecule has 5 nitrogen and oxygen atoms in total. The Bertz CT molecular complexity index is 505. The van der Waals surface area contributed by atoms with Crippen molar-refractivity contribution >= 4 is 11.6 Å². The lowest BCUT2D eigenvalue weighted by molar-refractivity contribution is -0.128. The van der Waals surface area contributed by atoms with E-state index in [0.717, 1.165) is 11.3 Å². The third-order valence-electron chi connectivity index (χ3n) is 3.72. The largest absolute Gasteiger partial charge is 0.396 e. The van der Waals surface area contributed by atoms with Crippen LogP contribution in [0.4, 0.5) is 5.69 Å². The topological polar surface area (TPSA) is 70.6 Å². The third-order valence-corrected chi connectivity index (χ3v) is 3.72. The van der Waals surface area contributed by atoms with E-state index in [2.05, 4.69) is 10.6 Å². The van der Waals surface area contributed by atoms with E-state index in [1.165, 1.54) is 0 Å². The van der Waals surface area contributed by atoms with Gasteiger partial charge in [0.15, 0.2) is 0 Å². The van der Waals surface area contributed by atoms with E-state index in [0.29, 0.717) is 25.3 Å². The number of carbonyl (C=O) groups excluding carboxylic acids is 1. The summed E-state index contributed by atoms with van der Waals surface area (Å²) in [5.41, 5.74) is 2.32. The van der Waals surface area contributed by atoms with Gasteiger partial charge in [-0.05, 0) is 38.5 Å². The van der Waals surface area contributed by atoms with Crippen molar-refractivity contribution in [2.45, 2.75) is 26.8 Å². The number of amides is 1. The van der Waals surface area contributed by atoms with Crippen molar-refractivity contribution in [2.75, 3.05) is 31.7 Å². The summed E-state index contributed by atoms with van der Waals surface area (Å²) < 4.78 is 5.18. The molecule has 116 valence electrons.